The van der Waals surface area contributed by atoms with Crippen LogP contribution in [0.4, 0.5) is 4.39 Å². The summed E-state index contributed by atoms with van der Waals surface area (Å²) in [5.74, 6) is -0.766. The van der Waals surface area contributed by atoms with Gasteiger partial charge in [0.1, 0.15) is 11.9 Å². The summed E-state index contributed by atoms with van der Waals surface area (Å²) in [5.41, 5.74) is 0.656. The maximum Gasteiger partial charge on any atom is 0.327 e. The van der Waals surface area contributed by atoms with E-state index in [0.29, 0.717) is 16.6 Å². The fourth-order valence-electron chi connectivity index (χ4n) is 2.20. The summed E-state index contributed by atoms with van der Waals surface area (Å²) in [5, 5.41) is 3.13. The predicted molar refractivity (Wildman–Crippen MR) is 75.8 cm³/mol. The molecule has 1 aromatic carbocycles. The fraction of sp³-hybridized carbons (Fsp3) is 0.500. The molecule has 2 unspecified atom stereocenters. The standard InChI is InChI=1S/C14H17BrFNO3/c1-19-14(18)13(17-8-10-3-2-6-20-10)9-4-5-12(16)11(15)7-9/h4-5,7,10,13,17H,2-3,6,8H2,1H3. The van der Waals surface area contributed by atoms with Crippen molar-refractivity contribution in [3.8, 4) is 0 Å². The summed E-state index contributed by atoms with van der Waals surface area (Å²) in [6, 6.07) is 3.85. The van der Waals surface area contributed by atoms with E-state index in [-0.39, 0.29) is 11.9 Å². The van der Waals surface area contributed by atoms with Crippen LogP contribution < -0.4 is 5.32 Å². The first-order valence-corrected chi connectivity index (χ1v) is 7.29. The molecule has 0 radical (unpaired) electrons. The molecule has 0 spiro atoms. The summed E-state index contributed by atoms with van der Waals surface area (Å²) < 4.78 is 23.9. The maximum absolute atomic E-state index is 13.3. The topological polar surface area (TPSA) is 47.6 Å². The third kappa shape index (κ3) is 3.77. The van der Waals surface area contributed by atoms with Gasteiger partial charge in [-0.1, -0.05) is 6.07 Å². The molecule has 1 fully saturated rings. The second-order valence-corrected chi connectivity index (χ2v) is 5.53. The highest BCUT2D eigenvalue weighted by molar-refractivity contribution is 9.10. The minimum absolute atomic E-state index is 0.117. The minimum atomic E-state index is -0.624. The van der Waals surface area contributed by atoms with Gasteiger partial charge in [-0.25, -0.2) is 9.18 Å². The van der Waals surface area contributed by atoms with Crippen molar-refractivity contribution in [2.24, 2.45) is 0 Å². The number of benzene rings is 1. The lowest BCUT2D eigenvalue weighted by Gasteiger charge is -2.19. The SMILES string of the molecule is COC(=O)C(NCC1CCCO1)c1ccc(F)c(Br)c1. The predicted octanol–water partition coefficient (Wildman–Crippen LogP) is 2.57. The van der Waals surface area contributed by atoms with E-state index in [1.807, 2.05) is 0 Å². The molecule has 0 aliphatic carbocycles. The first kappa shape index (κ1) is 15.4. The van der Waals surface area contributed by atoms with Crippen LogP contribution >= 0.6 is 15.9 Å². The Morgan fingerprint density at radius 1 is 1.65 bits per heavy atom. The molecular formula is C14H17BrFNO3. The molecule has 1 saturated heterocycles. The number of ether oxygens (including phenoxy) is 2. The third-order valence-electron chi connectivity index (χ3n) is 3.29. The van der Waals surface area contributed by atoms with Crippen LogP contribution in [0.1, 0.15) is 24.4 Å². The zero-order valence-corrected chi connectivity index (χ0v) is 12.8. The zero-order valence-electron chi connectivity index (χ0n) is 11.2. The molecule has 6 heteroatoms. The number of carbonyl (C=O) groups is 1. The van der Waals surface area contributed by atoms with Gasteiger partial charge in [-0.05, 0) is 46.5 Å². The van der Waals surface area contributed by atoms with E-state index in [1.165, 1.54) is 13.2 Å². The zero-order chi connectivity index (χ0) is 14.5. The molecule has 2 atom stereocenters. The van der Waals surface area contributed by atoms with E-state index < -0.39 is 12.0 Å². The average Bonchev–Trinajstić information content (AvgIpc) is 2.95. The summed E-state index contributed by atoms with van der Waals surface area (Å²) in [6.45, 7) is 1.33. The Bertz CT molecular complexity index is 477. The first-order chi connectivity index (χ1) is 9.61. The second-order valence-electron chi connectivity index (χ2n) is 4.67. The summed E-state index contributed by atoms with van der Waals surface area (Å²) in [4.78, 5) is 11.9. The summed E-state index contributed by atoms with van der Waals surface area (Å²) >= 11 is 3.12. The Kier molecular flexibility index (Phi) is 5.51. The number of rotatable bonds is 5. The van der Waals surface area contributed by atoms with E-state index in [2.05, 4.69) is 21.2 Å². The van der Waals surface area contributed by atoms with Gasteiger partial charge in [-0.15, -0.1) is 0 Å². The highest BCUT2D eigenvalue weighted by Crippen LogP contribution is 2.23. The van der Waals surface area contributed by atoms with Gasteiger partial charge in [0, 0.05) is 13.2 Å². The Morgan fingerprint density at radius 3 is 3.05 bits per heavy atom. The van der Waals surface area contributed by atoms with Crippen molar-refractivity contribution >= 4 is 21.9 Å². The Morgan fingerprint density at radius 2 is 2.45 bits per heavy atom. The molecule has 0 saturated carbocycles. The molecule has 1 N–H and O–H groups in total. The molecule has 20 heavy (non-hydrogen) atoms. The van der Waals surface area contributed by atoms with Gasteiger partial charge in [0.2, 0.25) is 0 Å². The van der Waals surface area contributed by atoms with Crippen molar-refractivity contribution in [1.82, 2.24) is 5.32 Å². The van der Waals surface area contributed by atoms with Crippen LogP contribution in [0.25, 0.3) is 0 Å². The lowest BCUT2D eigenvalue weighted by atomic mass is 10.1. The van der Waals surface area contributed by atoms with Gasteiger partial charge in [-0.3, -0.25) is 5.32 Å². The molecule has 1 aromatic rings. The molecule has 0 aromatic heterocycles. The minimum Gasteiger partial charge on any atom is -0.468 e. The van der Waals surface area contributed by atoms with Gasteiger partial charge in [0.15, 0.2) is 0 Å². The van der Waals surface area contributed by atoms with Crippen LogP contribution in [0.5, 0.6) is 0 Å². The van der Waals surface area contributed by atoms with Crippen molar-refractivity contribution in [1.29, 1.82) is 0 Å². The molecule has 1 heterocycles. The van der Waals surface area contributed by atoms with Crippen LogP contribution in [0.2, 0.25) is 0 Å². The fourth-order valence-corrected chi connectivity index (χ4v) is 2.60. The van der Waals surface area contributed by atoms with Crippen molar-refractivity contribution in [3.63, 3.8) is 0 Å². The number of carbonyl (C=O) groups excluding carboxylic acids is 1. The van der Waals surface area contributed by atoms with E-state index in [4.69, 9.17) is 9.47 Å². The number of halogens is 2. The van der Waals surface area contributed by atoms with Gasteiger partial charge < -0.3 is 9.47 Å². The average molecular weight is 346 g/mol. The van der Waals surface area contributed by atoms with Gasteiger partial charge in [0.25, 0.3) is 0 Å². The Hall–Kier alpha value is -0.980. The molecule has 0 amide bonds. The van der Waals surface area contributed by atoms with Gasteiger partial charge >= 0.3 is 5.97 Å². The summed E-state index contributed by atoms with van der Waals surface area (Å²) in [7, 11) is 1.33. The quantitative estimate of drug-likeness (QED) is 0.833. The molecule has 1 aliphatic heterocycles. The Labute approximate surface area is 125 Å². The van der Waals surface area contributed by atoms with E-state index in [0.717, 1.165) is 19.4 Å². The molecule has 4 nitrogen and oxygen atoms in total. The van der Waals surface area contributed by atoms with Crippen molar-refractivity contribution in [2.75, 3.05) is 20.3 Å². The largest absolute Gasteiger partial charge is 0.468 e. The van der Waals surface area contributed by atoms with Crippen molar-refractivity contribution < 1.29 is 18.7 Å². The van der Waals surface area contributed by atoms with Crippen molar-refractivity contribution in [3.05, 3.63) is 34.1 Å². The summed E-state index contributed by atoms with van der Waals surface area (Å²) in [6.07, 6.45) is 2.14. The number of hydrogen-bond donors (Lipinski definition) is 1. The van der Waals surface area contributed by atoms with E-state index >= 15 is 0 Å². The van der Waals surface area contributed by atoms with E-state index in [1.54, 1.807) is 12.1 Å². The van der Waals surface area contributed by atoms with Crippen LogP contribution in [0.15, 0.2) is 22.7 Å². The number of nitrogens with one attached hydrogen (secondary N) is 1. The van der Waals surface area contributed by atoms with Crippen LogP contribution in [-0.4, -0.2) is 32.3 Å². The molecule has 2 rings (SSSR count). The highest BCUT2D eigenvalue weighted by atomic mass is 79.9. The molecule has 1 aliphatic rings. The number of methoxy groups -OCH3 is 1. The first-order valence-electron chi connectivity index (χ1n) is 6.49. The smallest absolute Gasteiger partial charge is 0.327 e. The van der Waals surface area contributed by atoms with Crippen LogP contribution in [-0.2, 0) is 14.3 Å². The lowest BCUT2D eigenvalue weighted by Crippen LogP contribution is -2.35. The van der Waals surface area contributed by atoms with Crippen LogP contribution in [0.3, 0.4) is 0 Å². The van der Waals surface area contributed by atoms with Crippen LogP contribution in [0, 0.1) is 5.82 Å². The Balaban J connectivity index is 2.09. The third-order valence-corrected chi connectivity index (χ3v) is 3.90. The van der Waals surface area contributed by atoms with Gasteiger partial charge in [0.05, 0.1) is 17.7 Å². The second kappa shape index (κ2) is 7.15. The number of esters is 1. The van der Waals surface area contributed by atoms with E-state index in [9.17, 15) is 9.18 Å². The molecule has 0 bridgehead atoms. The van der Waals surface area contributed by atoms with Gasteiger partial charge in [-0.2, -0.15) is 0 Å². The molecule has 110 valence electrons. The monoisotopic (exact) mass is 345 g/mol. The van der Waals surface area contributed by atoms with Crippen molar-refractivity contribution in [2.45, 2.75) is 25.0 Å². The lowest BCUT2D eigenvalue weighted by molar-refractivity contribution is -0.143. The normalized spacial score (nSPS) is 19.9. The highest BCUT2D eigenvalue weighted by Gasteiger charge is 2.24. The maximum atomic E-state index is 13.3. The molecular weight excluding hydrogens is 329 g/mol. The number of hydrogen-bond acceptors (Lipinski definition) is 4.